The molecule has 0 unspecified atom stereocenters. The molecule has 3 aromatic rings. The lowest BCUT2D eigenvalue weighted by Gasteiger charge is -2.16. The molecule has 3 rings (SSSR count). The molecule has 0 aliphatic rings. The Bertz CT molecular complexity index is 1120. The number of halogens is 11. The van der Waals surface area contributed by atoms with Crippen molar-refractivity contribution in [2.24, 2.45) is 0 Å². The lowest BCUT2D eigenvalue weighted by molar-refractivity contribution is 1.30. The third kappa shape index (κ3) is 4.39. The van der Waals surface area contributed by atoms with Gasteiger partial charge >= 0.3 is 0 Å². The molecule has 0 radical (unpaired) electrons. The van der Waals surface area contributed by atoms with Gasteiger partial charge in [-0.1, -0.05) is 116 Å². The highest BCUT2D eigenvalue weighted by Gasteiger charge is 2.25. The summed E-state index contributed by atoms with van der Waals surface area (Å²) >= 11 is 64.2. The van der Waals surface area contributed by atoms with Gasteiger partial charge in [-0.25, -0.2) is 0 Å². The van der Waals surface area contributed by atoms with Crippen molar-refractivity contribution in [3.05, 3.63) is 66.1 Å². The summed E-state index contributed by atoms with van der Waals surface area (Å²) in [5.74, 6) is 0. The SMILES string of the molecule is Clc1c(Cl)c(Cl)c(-c2cnc(-c3c(Cl)c(Cl)c(Cl)c(Cl)c3Cl)c(I)c2)c(Cl)c1Cl. The third-order valence-electron chi connectivity index (χ3n) is 3.79. The van der Waals surface area contributed by atoms with E-state index in [9.17, 15) is 0 Å². The van der Waals surface area contributed by atoms with Crippen LogP contribution in [-0.2, 0) is 0 Å². The van der Waals surface area contributed by atoms with Gasteiger partial charge in [-0.15, -0.1) is 0 Å². The molecular weight excluding hydrogens is 700 g/mol. The lowest BCUT2D eigenvalue weighted by Crippen LogP contribution is -1.95. The predicted molar refractivity (Wildman–Crippen MR) is 138 cm³/mol. The van der Waals surface area contributed by atoms with Crippen LogP contribution in [0.2, 0.25) is 50.2 Å². The summed E-state index contributed by atoms with van der Waals surface area (Å²) in [4.78, 5) is 4.45. The van der Waals surface area contributed by atoms with Crippen molar-refractivity contribution >= 4 is 139 Å². The molecule has 29 heavy (non-hydrogen) atoms. The summed E-state index contributed by atoms with van der Waals surface area (Å²) in [5, 5.41) is 0.964. The Balaban J connectivity index is 2.26. The maximum Gasteiger partial charge on any atom is 0.0866 e. The van der Waals surface area contributed by atoms with Crippen LogP contribution < -0.4 is 0 Å². The van der Waals surface area contributed by atoms with Crippen molar-refractivity contribution in [1.29, 1.82) is 0 Å². The van der Waals surface area contributed by atoms with E-state index in [1.165, 1.54) is 6.20 Å². The summed E-state index contributed by atoms with van der Waals surface area (Å²) in [7, 11) is 0. The van der Waals surface area contributed by atoms with Crippen molar-refractivity contribution in [3.8, 4) is 22.4 Å². The molecule has 2 aromatic carbocycles. The topological polar surface area (TPSA) is 12.9 Å². The number of rotatable bonds is 2. The normalized spacial score (nSPS) is 11.3. The summed E-state index contributed by atoms with van der Waals surface area (Å²) in [6, 6.07) is 1.75. The average Bonchev–Trinajstić information content (AvgIpc) is 2.69. The molecule has 0 saturated heterocycles. The zero-order chi connectivity index (χ0) is 21.8. The van der Waals surface area contributed by atoms with Crippen LogP contribution >= 0.6 is 139 Å². The molecule has 0 aliphatic carbocycles. The van der Waals surface area contributed by atoms with Gasteiger partial charge in [0.2, 0.25) is 0 Å². The van der Waals surface area contributed by atoms with Gasteiger partial charge in [0.25, 0.3) is 0 Å². The molecule has 0 saturated carbocycles. The molecule has 0 N–H and O–H groups in total. The van der Waals surface area contributed by atoms with Crippen LogP contribution in [0.5, 0.6) is 0 Å². The number of pyridine rings is 1. The molecule has 0 aliphatic heterocycles. The van der Waals surface area contributed by atoms with Gasteiger partial charge in [-0.05, 0) is 28.7 Å². The third-order valence-corrected chi connectivity index (χ3v) is 9.16. The zero-order valence-electron chi connectivity index (χ0n) is 13.3. The second kappa shape index (κ2) is 9.61. The highest BCUT2D eigenvalue weighted by molar-refractivity contribution is 14.1. The highest BCUT2D eigenvalue weighted by atomic mass is 127. The first-order valence-electron chi connectivity index (χ1n) is 7.18. The summed E-state index contributed by atoms with van der Waals surface area (Å²) in [6.45, 7) is 0. The molecule has 1 aromatic heterocycles. The Morgan fingerprint density at radius 2 is 0.862 bits per heavy atom. The minimum atomic E-state index is 0.0581. The molecule has 0 spiro atoms. The quantitative estimate of drug-likeness (QED) is 0.147. The van der Waals surface area contributed by atoms with Crippen LogP contribution in [0, 0.1) is 3.57 Å². The minimum Gasteiger partial charge on any atom is -0.254 e. The van der Waals surface area contributed by atoms with E-state index in [1.54, 1.807) is 6.07 Å². The molecule has 0 bridgehead atoms. The van der Waals surface area contributed by atoms with Gasteiger partial charge in [-0.3, -0.25) is 4.98 Å². The maximum atomic E-state index is 6.35. The Morgan fingerprint density at radius 1 is 0.517 bits per heavy atom. The fourth-order valence-corrected chi connectivity index (χ4v) is 5.85. The van der Waals surface area contributed by atoms with Crippen LogP contribution in [0.3, 0.4) is 0 Å². The number of benzene rings is 2. The van der Waals surface area contributed by atoms with Crippen LogP contribution in [0.1, 0.15) is 0 Å². The Kier molecular flexibility index (Phi) is 8.23. The Labute approximate surface area is 229 Å². The molecule has 0 amide bonds. The minimum absolute atomic E-state index is 0.0581. The largest absolute Gasteiger partial charge is 0.254 e. The van der Waals surface area contributed by atoms with E-state index in [1.807, 2.05) is 0 Å². The van der Waals surface area contributed by atoms with E-state index < -0.39 is 0 Å². The maximum absolute atomic E-state index is 6.35. The first-order valence-corrected chi connectivity index (χ1v) is 12.0. The van der Waals surface area contributed by atoms with Gasteiger partial charge in [0.15, 0.2) is 0 Å². The second-order valence-corrected chi connectivity index (χ2v) is 10.4. The highest BCUT2D eigenvalue weighted by Crippen LogP contribution is 2.51. The Morgan fingerprint density at radius 3 is 1.24 bits per heavy atom. The summed E-state index contributed by atoms with van der Waals surface area (Å²) < 4.78 is 0.646. The van der Waals surface area contributed by atoms with Crippen LogP contribution in [0.25, 0.3) is 22.4 Å². The number of hydrogen-bond donors (Lipinski definition) is 0. The Hall–Kier alpha value is 1.22. The predicted octanol–water partition coefficient (Wildman–Crippen LogP) is 11.6. The number of nitrogens with zero attached hydrogens (tertiary/aromatic N) is 1. The lowest BCUT2D eigenvalue weighted by atomic mass is 10.1. The molecule has 1 nitrogen and oxygen atoms in total. The van der Waals surface area contributed by atoms with E-state index in [2.05, 4.69) is 27.6 Å². The van der Waals surface area contributed by atoms with E-state index in [0.717, 1.165) is 0 Å². The standard InChI is InChI=1S/C17H2Cl10IN/c18-7-5(8(19)12(23)15(26)11(7)22)3-1-4(28)17(29-2-3)6-9(20)13(24)16(27)14(25)10(6)21/h1-2H. The van der Waals surface area contributed by atoms with Crippen molar-refractivity contribution < 1.29 is 0 Å². The van der Waals surface area contributed by atoms with Gasteiger partial charge in [-0.2, -0.15) is 0 Å². The first-order chi connectivity index (χ1) is 13.5. The van der Waals surface area contributed by atoms with E-state index in [-0.39, 0.29) is 50.2 Å². The fourth-order valence-electron chi connectivity index (χ4n) is 2.43. The van der Waals surface area contributed by atoms with Crippen LogP contribution in [-0.4, -0.2) is 4.98 Å². The first kappa shape index (κ1) is 24.9. The summed E-state index contributed by atoms with van der Waals surface area (Å²) in [6.07, 6.45) is 1.51. The molecule has 12 heteroatoms. The van der Waals surface area contributed by atoms with Crippen LogP contribution in [0.15, 0.2) is 12.3 Å². The van der Waals surface area contributed by atoms with Crippen molar-refractivity contribution in [3.63, 3.8) is 0 Å². The molecule has 0 atom stereocenters. The van der Waals surface area contributed by atoms with Crippen molar-refractivity contribution in [2.75, 3.05) is 0 Å². The van der Waals surface area contributed by atoms with Crippen molar-refractivity contribution in [1.82, 2.24) is 4.98 Å². The van der Waals surface area contributed by atoms with E-state index >= 15 is 0 Å². The average molecular weight is 702 g/mol. The number of aromatic nitrogens is 1. The van der Waals surface area contributed by atoms with Crippen LogP contribution in [0.4, 0.5) is 0 Å². The van der Waals surface area contributed by atoms with Gasteiger partial charge in [0, 0.05) is 26.5 Å². The molecule has 1 heterocycles. The van der Waals surface area contributed by atoms with E-state index in [0.29, 0.717) is 26.0 Å². The van der Waals surface area contributed by atoms with Gasteiger partial charge in [0.05, 0.1) is 55.9 Å². The fraction of sp³-hybridized carbons (Fsp3) is 0. The van der Waals surface area contributed by atoms with Crippen molar-refractivity contribution in [2.45, 2.75) is 0 Å². The smallest absolute Gasteiger partial charge is 0.0866 e. The summed E-state index contributed by atoms with van der Waals surface area (Å²) in [5.41, 5.74) is 1.71. The van der Waals surface area contributed by atoms with Gasteiger partial charge in [0.1, 0.15) is 0 Å². The van der Waals surface area contributed by atoms with E-state index in [4.69, 9.17) is 116 Å². The zero-order valence-corrected chi connectivity index (χ0v) is 23.0. The molecule has 0 fully saturated rings. The van der Waals surface area contributed by atoms with Gasteiger partial charge < -0.3 is 0 Å². The number of hydrogen-bond acceptors (Lipinski definition) is 1. The molecular formula is C17H2Cl10IN. The molecule has 152 valence electrons. The second-order valence-electron chi connectivity index (χ2n) is 5.44. The monoisotopic (exact) mass is 697 g/mol.